The molecule has 0 spiro atoms. The van der Waals surface area contributed by atoms with E-state index >= 15 is 0 Å². The molecule has 17 heavy (non-hydrogen) atoms. The van der Waals surface area contributed by atoms with Crippen molar-refractivity contribution in [1.29, 1.82) is 0 Å². The van der Waals surface area contributed by atoms with Gasteiger partial charge in [0, 0.05) is 11.6 Å². The molecule has 6 heteroatoms. The van der Waals surface area contributed by atoms with E-state index in [1.54, 1.807) is 0 Å². The average molecular weight is 248 g/mol. The van der Waals surface area contributed by atoms with E-state index in [-0.39, 0.29) is 0 Å². The van der Waals surface area contributed by atoms with Crippen molar-refractivity contribution < 1.29 is 4.74 Å². The van der Waals surface area contributed by atoms with Gasteiger partial charge in [0.1, 0.15) is 0 Å². The lowest BCUT2D eigenvalue weighted by Gasteiger charge is -2.26. The van der Waals surface area contributed by atoms with Crippen molar-refractivity contribution in [1.82, 2.24) is 14.5 Å². The molecule has 0 aliphatic carbocycles. The molecule has 3 heterocycles. The topological polar surface area (TPSA) is 66.0 Å². The van der Waals surface area contributed by atoms with Gasteiger partial charge in [0.15, 0.2) is 5.13 Å². The molecule has 2 N–H and O–H groups in total. The molecule has 1 fully saturated rings. The second-order valence-electron chi connectivity index (χ2n) is 3.88. The molecule has 0 unspecified atom stereocenters. The van der Waals surface area contributed by atoms with Gasteiger partial charge >= 0.3 is 0 Å². The highest BCUT2D eigenvalue weighted by atomic mass is 32.1. The number of nitrogens with two attached hydrogens (primary N) is 1. The van der Waals surface area contributed by atoms with Crippen LogP contribution in [0.4, 0.5) is 5.13 Å². The number of nitrogens with zero attached hydrogens (tertiary/aromatic N) is 3. The fourth-order valence-corrected chi connectivity index (χ4v) is 2.11. The van der Waals surface area contributed by atoms with E-state index in [1.807, 2.05) is 30.1 Å². The minimum Gasteiger partial charge on any atom is -0.377 e. The first kappa shape index (κ1) is 10.5. The fourth-order valence-electron chi connectivity index (χ4n) is 1.58. The minimum atomic E-state index is 0.444. The van der Waals surface area contributed by atoms with Crippen LogP contribution in [0.5, 0.6) is 0 Å². The van der Waals surface area contributed by atoms with Crippen molar-refractivity contribution in [2.45, 2.75) is 6.04 Å². The summed E-state index contributed by atoms with van der Waals surface area (Å²) < 4.78 is 7.22. The van der Waals surface area contributed by atoms with Crippen molar-refractivity contribution in [2.75, 3.05) is 18.9 Å². The Hall–Kier alpha value is -1.66. The van der Waals surface area contributed by atoms with Crippen molar-refractivity contribution in [3.63, 3.8) is 0 Å². The lowest BCUT2D eigenvalue weighted by molar-refractivity contribution is -0.0233. The Morgan fingerprint density at radius 1 is 1.41 bits per heavy atom. The molecule has 0 aromatic carbocycles. The number of thiazole rings is 1. The van der Waals surface area contributed by atoms with E-state index in [2.05, 4.69) is 14.5 Å². The van der Waals surface area contributed by atoms with Crippen LogP contribution in [-0.2, 0) is 4.74 Å². The maximum atomic E-state index is 5.56. The van der Waals surface area contributed by atoms with Gasteiger partial charge < -0.3 is 15.0 Å². The van der Waals surface area contributed by atoms with E-state index in [9.17, 15) is 0 Å². The fraction of sp³-hybridized carbons (Fsp3) is 0.273. The van der Waals surface area contributed by atoms with E-state index in [0.717, 1.165) is 24.6 Å². The Bertz CT molecular complexity index is 541. The molecule has 2 aromatic rings. The molecule has 0 atom stereocenters. The minimum absolute atomic E-state index is 0.444. The first-order valence-corrected chi connectivity index (χ1v) is 6.19. The monoisotopic (exact) mass is 248 g/mol. The molecule has 3 rings (SSSR count). The standard InChI is InChI=1S/C11H12N4OS/c12-11-14-9(6-17-11)2-1-8-3-15(7-13-8)10-4-16-5-10/h1-3,6-7,10H,4-5H2,(H2,12,14). The number of hydrogen-bond acceptors (Lipinski definition) is 5. The predicted molar refractivity (Wildman–Crippen MR) is 67.5 cm³/mol. The summed E-state index contributed by atoms with van der Waals surface area (Å²) >= 11 is 1.44. The normalized spacial score (nSPS) is 16.5. The van der Waals surface area contributed by atoms with Crippen LogP contribution >= 0.6 is 11.3 Å². The first-order valence-electron chi connectivity index (χ1n) is 5.31. The lowest BCUT2D eigenvalue weighted by atomic mass is 10.2. The third-order valence-corrected chi connectivity index (χ3v) is 3.32. The Labute approximate surface area is 103 Å². The second kappa shape index (κ2) is 4.31. The summed E-state index contributed by atoms with van der Waals surface area (Å²) in [5.74, 6) is 0. The van der Waals surface area contributed by atoms with Gasteiger partial charge in [0.05, 0.1) is 37.0 Å². The largest absolute Gasteiger partial charge is 0.377 e. The molecule has 2 aromatic heterocycles. The summed E-state index contributed by atoms with van der Waals surface area (Å²) in [4.78, 5) is 8.46. The zero-order chi connectivity index (χ0) is 11.7. The first-order chi connectivity index (χ1) is 8.31. The number of ether oxygens (including phenoxy) is 1. The van der Waals surface area contributed by atoms with Crippen molar-refractivity contribution in [2.24, 2.45) is 0 Å². The molecule has 0 bridgehead atoms. The predicted octanol–water partition coefficient (Wildman–Crippen LogP) is 1.66. The number of hydrogen-bond donors (Lipinski definition) is 1. The summed E-state index contributed by atoms with van der Waals surface area (Å²) in [7, 11) is 0. The van der Waals surface area contributed by atoms with Crippen LogP contribution in [0.25, 0.3) is 12.2 Å². The highest BCUT2D eigenvalue weighted by molar-refractivity contribution is 7.13. The maximum absolute atomic E-state index is 5.56. The van der Waals surface area contributed by atoms with E-state index in [4.69, 9.17) is 10.5 Å². The number of nitrogen functional groups attached to an aromatic ring is 1. The molecule has 5 nitrogen and oxygen atoms in total. The van der Waals surface area contributed by atoms with Gasteiger partial charge in [0.25, 0.3) is 0 Å². The zero-order valence-electron chi connectivity index (χ0n) is 9.11. The van der Waals surface area contributed by atoms with Crippen LogP contribution in [0, 0.1) is 0 Å². The quantitative estimate of drug-likeness (QED) is 0.897. The molecule has 88 valence electrons. The van der Waals surface area contributed by atoms with Crippen LogP contribution in [-0.4, -0.2) is 27.7 Å². The smallest absolute Gasteiger partial charge is 0.180 e. The summed E-state index contributed by atoms with van der Waals surface area (Å²) in [6, 6.07) is 0.444. The summed E-state index contributed by atoms with van der Waals surface area (Å²) in [5, 5.41) is 2.50. The summed E-state index contributed by atoms with van der Waals surface area (Å²) in [6.45, 7) is 1.56. The van der Waals surface area contributed by atoms with Gasteiger partial charge in [-0.05, 0) is 12.2 Å². The SMILES string of the molecule is Nc1nc(C=Cc2cn(C3COC3)cn2)cs1. The molecular weight excluding hydrogens is 236 g/mol. The van der Waals surface area contributed by atoms with E-state index in [0.29, 0.717) is 11.2 Å². The molecule has 1 aliphatic heterocycles. The number of rotatable bonds is 3. The third kappa shape index (κ3) is 2.22. The molecule has 1 aliphatic rings. The molecular formula is C11H12N4OS. The van der Waals surface area contributed by atoms with Gasteiger partial charge in [-0.15, -0.1) is 11.3 Å². The summed E-state index contributed by atoms with van der Waals surface area (Å²) in [5.41, 5.74) is 7.35. The van der Waals surface area contributed by atoms with Crippen LogP contribution in [0.1, 0.15) is 17.4 Å². The lowest BCUT2D eigenvalue weighted by Crippen LogP contribution is -2.29. The highest BCUT2D eigenvalue weighted by Crippen LogP contribution is 2.18. The van der Waals surface area contributed by atoms with Gasteiger partial charge in [-0.2, -0.15) is 0 Å². The zero-order valence-corrected chi connectivity index (χ0v) is 9.93. The van der Waals surface area contributed by atoms with Crippen LogP contribution in [0.3, 0.4) is 0 Å². The number of anilines is 1. The summed E-state index contributed by atoms with van der Waals surface area (Å²) in [6.07, 6.45) is 7.70. The number of aromatic nitrogens is 3. The van der Waals surface area contributed by atoms with E-state index in [1.165, 1.54) is 11.3 Å². The van der Waals surface area contributed by atoms with Crippen molar-refractivity contribution in [3.8, 4) is 0 Å². The van der Waals surface area contributed by atoms with E-state index < -0.39 is 0 Å². The highest BCUT2D eigenvalue weighted by Gasteiger charge is 2.19. The van der Waals surface area contributed by atoms with Crippen LogP contribution < -0.4 is 5.73 Å². The van der Waals surface area contributed by atoms with Gasteiger partial charge in [-0.25, -0.2) is 9.97 Å². The Morgan fingerprint density at radius 2 is 2.24 bits per heavy atom. The van der Waals surface area contributed by atoms with Crippen molar-refractivity contribution in [3.05, 3.63) is 29.3 Å². The van der Waals surface area contributed by atoms with Crippen molar-refractivity contribution >= 4 is 28.6 Å². The van der Waals surface area contributed by atoms with Gasteiger partial charge in [0.2, 0.25) is 0 Å². The Kier molecular flexibility index (Phi) is 2.66. The van der Waals surface area contributed by atoms with Gasteiger partial charge in [-0.1, -0.05) is 0 Å². The maximum Gasteiger partial charge on any atom is 0.180 e. The molecule has 0 saturated carbocycles. The Morgan fingerprint density at radius 3 is 2.88 bits per heavy atom. The number of imidazole rings is 1. The Balaban J connectivity index is 1.72. The molecule has 1 saturated heterocycles. The second-order valence-corrected chi connectivity index (χ2v) is 4.77. The van der Waals surface area contributed by atoms with Gasteiger partial charge in [-0.3, -0.25) is 0 Å². The third-order valence-electron chi connectivity index (χ3n) is 2.63. The van der Waals surface area contributed by atoms with Crippen LogP contribution in [0.15, 0.2) is 17.9 Å². The molecule has 0 radical (unpaired) electrons. The van der Waals surface area contributed by atoms with Crippen LogP contribution in [0.2, 0.25) is 0 Å². The molecule has 0 amide bonds. The average Bonchev–Trinajstić information content (AvgIpc) is 2.82.